The van der Waals surface area contributed by atoms with E-state index in [0.717, 1.165) is 11.8 Å². The molecule has 1 heterocycles. The van der Waals surface area contributed by atoms with E-state index in [0.29, 0.717) is 0 Å². The van der Waals surface area contributed by atoms with Gasteiger partial charge in [0.05, 0.1) is 0 Å². The maximum Gasteiger partial charge on any atom is -0.00162 e. The Hall–Kier alpha value is -0.0800. The highest BCUT2D eigenvalue weighted by Crippen LogP contribution is 2.16. The fourth-order valence-corrected chi connectivity index (χ4v) is 2.70. The molecule has 0 aromatic carbocycles. The first-order chi connectivity index (χ1) is 8.68. The van der Waals surface area contributed by atoms with E-state index in [1.54, 1.807) is 0 Å². The van der Waals surface area contributed by atoms with Crippen molar-refractivity contribution in [1.82, 2.24) is 10.2 Å². The van der Waals surface area contributed by atoms with E-state index in [-0.39, 0.29) is 0 Å². The Balaban J connectivity index is 1.91. The number of nitrogens with one attached hydrogen (secondary N) is 1. The van der Waals surface area contributed by atoms with Crippen LogP contribution in [0.2, 0.25) is 0 Å². The van der Waals surface area contributed by atoms with Crippen LogP contribution in [0.25, 0.3) is 0 Å². The van der Waals surface area contributed by atoms with Crippen molar-refractivity contribution in [3.63, 3.8) is 0 Å². The summed E-state index contributed by atoms with van der Waals surface area (Å²) in [6.45, 7) is 13.3. The summed E-state index contributed by atoms with van der Waals surface area (Å²) in [4.78, 5) is 2.69. The average Bonchev–Trinajstić information content (AvgIpc) is 2.53. The molecule has 108 valence electrons. The summed E-state index contributed by atoms with van der Waals surface area (Å²) in [5.74, 6) is 1.74. The predicted octanol–water partition coefficient (Wildman–Crippen LogP) is 3.52. The zero-order valence-electron chi connectivity index (χ0n) is 12.9. The van der Waals surface area contributed by atoms with Gasteiger partial charge in [-0.15, -0.1) is 0 Å². The Labute approximate surface area is 115 Å². The van der Waals surface area contributed by atoms with Crippen molar-refractivity contribution in [2.75, 3.05) is 32.7 Å². The van der Waals surface area contributed by atoms with Crippen LogP contribution in [0.4, 0.5) is 0 Å². The maximum atomic E-state index is 3.53. The molecule has 1 aliphatic rings. The number of hydrogen-bond donors (Lipinski definition) is 1. The molecule has 0 amide bonds. The van der Waals surface area contributed by atoms with Crippen molar-refractivity contribution in [3.8, 4) is 0 Å². The van der Waals surface area contributed by atoms with Crippen molar-refractivity contribution in [3.05, 3.63) is 0 Å². The van der Waals surface area contributed by atoms with Gasteiger partial charge in [0.1, 0.15) is 0 Å². The predicted molar refractivity (Wildman–Crippen MR) is 81.0 cm³/mol. The third-order valence-corrected chi connectivity index (χ3v) is 3.99. The lowest BCUT2D eigenvalue weighted by molar-refractivity contribution is 0.274. The van der Waals surface area contributed by atoms with Crippen LogP contribution < -0.4 is 5.32 Å². The van der Waals surface area contributed by atoms with Crippen molar-refractivity contribution in [1.29, 1.82) is 0 Å². The molecular weight excluding hydrogens is 220 g/mol. The van der Waals surface area contributed by atoms with Crippen molar-refractivity contribution >= 4 is 0 Å². The third kappa shape index (κ3) is 8.10. The van der Waals surface area contributed by atoms with E-state index in [1.807, 2.05) is 0 Å². The van der Waals surface area contributed by atoms with Gasteiger partial charge in [-0.2, -0.15) is 0 Å². The van der Waals surface area contributed by atoms with Gasteiger partial charge < -0.3 is 10.2 Å². The highest BCUT2D eigenvalue weighted by atomic mass is 15.1. The van der Waals surface area contributed by atoms with Crippen molar-refractivity contribution < 1.29 is 0 Å². The molecule has 0 aliphatic carbocycles. The SMILES string of the molecule is CC(C)CNCCCCCN1CCCC(C)CC1. The Morgan fingerprint density at radius 1 is 1.11 bits per heavy atom. The third-order valence-electron chi connectivity index (χ3n) is 3.99. The minimum Gasteiger partial charge on any atom is -0.316 e. The number of hydrogen-bond acceptors (Lipinski definition) is 2. The zero-order valence-corrected chi connectivity index (χ0v) is 12.9. The van der Waals surface area contributed by atoms with Crippen LogP contribution in [-0.4, -0.2) is 37.6 Å². The fraction of sp³-hybridized carbons (Fsp3) is 1.00. The van der Waals surface area contributed by atoms with Crippen molar-refractivity contribution in [2.45, 2.75) is 59.3 Å². The van der Waals surface area contributed by atoms with Crippen LogP contribution in [0.5, 0.6) is 0 Å². The smallest absolute Gasteiger partial charge is 0.00162 e. The molecule has 18 heavy (non-hydrogen) atoms. The monoisotopic (exact) mass is 254 g/mol. The first-order valence-corrected chi connectivity index (χ1v) is 8.11. The molecule has 1 rings (SSSR count). The maximum absolute atomic E-state index is 3.53. The Morgan fingerprint density at radius 2 is 1.94 bits per heavy atom. The molecule has 0 bridgehead atoms. The van der Waals surface area contributed by atoms with E-state index in [1.165, 1.54) is 71.2 Å². The molecule has 0 spiro atoms. The second-order valence-electron chi connectivity index (χ2n) is 6.54. The van der Waals surface area contributed by atoms with E-state index >= 15 is 0 Å². The molecule has 1 aliphatic heterocycles. The normalized spacial score (nSPS) is 22.3. The summed E-state index contributed by atoms with van der Waals surface area (Å²) in [5.41, 5.74) is 0. The molecular formula is C16H34N2. The lowest BCUT2D eigenvalue weighted by Crippen LogP contribution is -2.26. The second-order valence-corrected chi connectivity index (χ2v) is 6.54. The Bertz CT molecular complexity index is 192. The minimum absolute atomic E-state index is 0.782. The van der Waals surface area contributed by atoms with E-state index < -0.39 is 0 Å². The van der Waals surface area contributed by atoms with Crippen LogP contribution in [0.1, 0.15) is 59.3 Å². The van der Waals surface area contributed by atoms with Gasteiger partial charge in [0.15, 0.2) is 0 Å². The van der Waals surface area contributed by atoms with Crippen LogP contribution in [-0.2, 0) is 0 Å². The molecule has 0 aromatic rings. The summed E-state index contributed by atoms with van der Waals surface area (Å²) in [5, 5.41) is 3.53. The molecule has 1 saturated heterocycles. The topological polar surface area (TPSA) is 15.3 Å². The van der Waals surface area contributed by atoms with Gasteiger partial charge in [-0.05, 0) is 76.7 Å². The standard InChI is InChI=1S/C16H34N2/c1-15(2)14-17-10-5-4-6-11-18-12-7-8-16(3)9-13-18/h15-17H,4-14H2,1-3H3. The molecule has 1 atom stereocenters. The van der Waals surface area contributed by atoms with Crippen LogP contribution in [0.3, 0.4) is 0 Å². The molecule has 2 nitrogen and oxygen atoms in total. The average molecular weight is 254 g/mol. The molecule has 0 aromatic heterocycles. The molecule has 1 unspecified atom stereocenters. The lowest BCUT2D eigenvalue weighted by atomic mass is 10.0. The van der Waals surface area contributed by atoms with Crippen LogP contribution in [0, 0.1) is 11.8 Å². The van der Waals surface area contributed by atoms with Gasteiger partial charge in [0.25, 0.3) is 0 Å². The van der Waals surface area contributed by atoms with Gasteiger partial charge in [0.2, 0.25) is 0 Å². The summed E-state index contributed by atoms with van der Waals surface area (Å²) in [6.07, 6.45) is 8.38. The van der Waals surface area contributed by atoms with E-state index in [2.05, 4.69) is 31.0 Å². The van der Waals surface area contributed by atoms with Crippen LogP contribution in [0.15, 0.2) is 0 Å². The van der Waals surface area contributed by atoms with Crippen LogP contribution >= 0.6 is 0 Å². The summed E-state index contributed by atoms with van der Waals surface area (Å²) in [6, 6.07) is 0. The molecule has 1 fully saturated rings. The van der Waals surface area contributed by atoms with E-state index in [9.17, 15) is 0 Å². The molecule has 2 heteroatoms. The second kappa shape index (κ2) is 9.80. The lowest BCUT2D eigenvalue weighted by Gasteiger charge is -2.19. The molecule has 0 radical (unpaired) electrons. The highest BCUT2D eigenvalue weighted by molar-refractivity contribution is 4.67. The van der Waals surface area contributed by atoms with Gasteiger partial charge in [-0.25, -0.2) is 0 Å². The Morgan fingerprint density at radius 3 is 2.72 bits per heavy atom. The first-order valence-electron chi connectivity index (χ1n) is 8.11. The van der Waals surface area contributed by atoms with E-state index in [4.69, 9.17) is 0 Å². The fourth-order valence-electron chi connectivity index (χ4n) is 2.70. The molecule has 1 N–H and O–H groups in total. The van der Waals surface area contributed by atoms with Gasteiger partial charge in [-0.1, -0.05) is 27.2 Å². The number of nitrogens with zero attached hydrogens (tertiary/aromatic N) is 1. The number of rotatable bonds is 8. The highest BCUT2D eigenvalue weighted by Gasteiger charge is 2.12. The van der Waals surface area contributed by atoms with Gasteiger partial charge in [0, 0.05) is 0 Å². The largest absolute Gasteiger partial charge is 0.316 e. The summed E-state index contributed by atoms with van der Waals surface area (Å²) in [7, 11) is 0. The first kappa shape index (κ1) is 16.0. The quantitative estimate of drug-likeness (QED) is 0.667. The minimum atomic E-state index is 0.782. The Kier molecular flexibility index (Phi) is 8.70. The van der Waals surface area contributed by atoms with Gasteiger partial charge in [-0.3, -0.25) is 0 Å². The zero-order chi connectivity index (χ0) is 13.2. The summed E-state index contributed by atoms with van der Waals surface area (Å²) < 4.78 is 0. The summed E-state index contributed by atoms with van der Waals surface area (Å²) >= 11 is 0. The number of likely N-dealkylation sites (tertiary alicyclic amines) is 1. The number of unbranched alkanes of at least 4 members (excludes halogenated alkanes) is 2. The van der Waals surface area contributed by atoms with Gasteiger partial charge >= 0.3 is 0 Å². The van der Waals surface area contributed by atoms with Crippen molar-refractivity contribution in [2.24, 2.45) is 11.8 Å². The molecule has 0 saturated carbocycles.